The molecular formula is C7H12F4. The number of alkyl halides is 4. The molecule has 0 aliphatic rings. The Bertz CT molecular complexity index is 116. The molecule has 0 rings (SSSR count). The third kappa shape index (κ3) is 3.08. The summed E-state index contributed by atoms with van der Waals surface area (Å²) in [6.45, 7) is 3.74. The Morgan fingerprint density at radius 1 is 1.00 bits per heavy atom. The van der Waals surface area contributed by atoms with E-state index in [0.29, 0.717) is 0 Å². The zero-order chi connectivity index (χ0) is 9.23. The highest BCUT2D eigenvalue weighted by atomic mass is 19.4. The third-order valence-electron chi connectivity index (χ3n) is 1.63. The standard InChI is InChI=1S/C7H12F4/c1-4(2)6(8)5(3)7(9,10)11/h4-6H,1-3H3/t5-,6+/m0/s1. The summed E-state index contributed by atoms with van der Waals surface area (Å²) in [6, 6.07) is 0. The van der Waals surface area contributed by atoms with Crippen LogP contribution in [0, 0.1) is 11.8 Å². The summed E-state index contributed by atoms with van der Waals surface area (Å²) < 4.78 is 48.2. The second-order valence-electron chi connectivity index (χ2n) is 3.02. The van der Waals surface area contributed by atoms with Gasteiger partial charge >= 0.3 is 6.18 Å². The van der Waals surface area contributed by atoms with Crippen molar-refractivity contribution in [3.8, 4) is 0 Å². The Hall–Kier alpha value is -0.280. The SMILES string of the molecule is CC(C)[C@@H](F)[C@H](C)C(F)(F)F. The lowest BCUT2D eigenvalue weighted by Crippen LogP contribution is -2.32. The van der Waals surface area contributed by atoms with Crippen molar-refractivity contribution < 1.29 is 17.6 Å². The molecule has 11 heavy (non-hydrogen) atoms. The zero-order valence-corrected chi connectivity index (χ0v) is 6.74. The molecule has 0 saturated heterocycles. The first kappa shape index (κ1) is 10.7. The van der Waals surface area contributed by atoms with E-state index in [1.165, 1.54) is 13.8 Å². The van der Waals surface area contributed by atoms with Crippen LogP contribution in [0.4, 0.5) is 17.6 Å². The minimum atomic E-state index is -4.41. The number of halogens is 4. The van der Waals surface area contributed by atoms with Gasteiger partial charge in [-0.05, 0) is 5.92 Å². The molecule has 0 saturated carbocycles. The van der Waals surface area contributed by atoms with Crippen LogP contribution in [-0.2, 0) is 0 Å². The molecule has 0 radical (unpaired) electrons. The Labute approximate surface area is 63.6 Å². The summed E-state index contributed by atoms with van der Waals surface area (Å²) >= 11 is 0. The summed E-state index contributed by atoms with van der Waals surface area (Å²) in [7, 11) is 0. The lowest BCUT2D eigenvalue weighted by atomic mass is 9.96. The van der Waals surface area contributed by atoms with Crippen LogP contribution in [0.5, 0.6) is 0 Å². The van der Waals surface area contributed by atoms with Gasteiger partial charge in [0.15, 0.2) is 0 Å². The van der Waals surface area contributed by atoms with Crippen molar-refractivity contribution >= 4 is 0 Å². The van der Waals surface area contributed by atoms with Crippen molar-refractivity contribution in [2.24, 2.45) is 11.8 Å². The van der Waals surface area contributed by atoms with Gasteiger partial charge in [-0.3, -0.25) is 0 Å². The van der Waals surface area contributed by atoms with Gasteiger partial charge < -0.3 is 0 Å². The fourth-order valence-electron chi connectivity index (χ4n) is 0.758. The number of hydrogen-bond acceptors (Lipinski definition) is 0. The van der Waals surface area contributed by atoms with Crippen molar-refractivity contribution in [1.29, 1.82) is 0 Å². The van der Waals surface area contributed by atoms with E-state index >= 15 is 0 Å². The van der Waals surface area contributed by atoms with Crippen molar-refractivity contribution in [2.45, 2.75) is 33.1 Å². The molecule has 0 aromatic rings. The van der Waals surface area contributed by atoms with Crippen molar-refractivity contribution in [1.82, 2.24) is 0 Å². The summed E-state index contributed by atoms with van der Waals surface area (Å²) in [5, 5.41) is 0. The fourth-order valence-corrected chi connectivity index (χ4v) is 0.758. The van der Waals surface area contributed by atoms with E-state index < -0.39 is 24.2 Å². The van der Waals surface area contributed by atoms with E-state index in [0.717, 1.165) is 6.92 Å². The summed E-state index contributed by atoms with van der Waals surface area (Å²) in [6.07, 6.45) is -6.21. The maximum Gasteiger partial charge on any atom is 0.394 e. The molecular weight excluding hydrogens is 160 g/mol. The molecule has 0 fully saturated rings. The van der Waals surface area contributed by atoms with Gasteiger partial charge in [-0.25, -0.2) is 4.39 Å². The van der Waals surface area contributed by atoms with Crippen LogP contribution in [0.15, 0.2) is 0 Å². The first-order valence-electron chi connectivity index (χ1n) is 3.47. The molecule has 0 aromatic heterocycles. The predicted molar refractivity (Wildman–Crippen MR) is 35.0 cm³/mol. The second-order valence-corrected chi connectivity index (χ2v) is 3.02. The molecule has 0 N–H and O–H groups in total. The molecule has 0 bridgehead atoms. The van der Waals surface area contributed by atoms with E-state index in [9.17, 15) is 17.6 Å². The normalized spacial score (nSPS) is 18.5. The van der Waals surface area contributed by atoms with E-state index in [-0.39, 0.29) is 0 Å². The molecule has 0 amide bonds. The Balaban J connectivity index is 4.13. The Morgan fingerprint density at radius 2 is 1.36 bits per heavy atom. The van der Waals surface area contributed by atoms with Gasteiger partial charge in [0.2, 0.25) is 0 Å². The summed E-state index contributed by atoms with van der Waals surface area (Å²) in [5.74, 6) is -2.44. The largest absolute Gasteiger partial charge is 0.394 e. The van der Waals surface area contributed by atoms with Crippen LogP contribution in [0.25, 0.3) is 0 Å². The second kappa shape index (κ2) is 3.41. The number of rotatable bonds is 2. The molecule has 0 aromatic carbocycles. The molecule has 0 aliphatic carbocycles. The van der Waals surface area contributed by atoms with Gasteiger partial charge in [0.1, 0.15) is 6.17 Å². The van der Waals surface area contributed by atoms with Crippen molar-refractivity contribution in [3.63, 3.8) is 0 Å². The molecule has 2 atom stereocenters. The fraction of sp³-hybridized carbons (Fsp3) is 1.00. The van der Waals surface area contributed by atoms with E-state index in [2.05, 4.69) is 0 Å². The van der Waals surface area contributed by atoms with E-state index in [1.54, 1.807) is 0 Å². The lowest BCUT2D eigenvalue weighted by Gasteiger charge is -2.22. The first-order valence-corrected chi connectivity index (χ1v) is 3.47. The van der Waals surface area contributed by atoms with E-state index in [4.69, 9.17) is 0 Å². The molecule has 0 spiro atoms. The minimum absolute atomic E-state index is 0.577. The van der Waals surface area contributed by atoms with Crippen LogP contribution in [0.2, 0.25) is 0 Å². The average Bonchev–Trinajstić information content (AvgIpc) is 1.82. The molecule has 0 nitrogen and oxygen atoms in total. The van der Waals surface area contributed by atoms with Crippen LogP contribution in [0.3, 0.4) is 0 Å². The van der Waals surface area contributed by atoms with Crippen LogP contribution >= 0.6 is 0 Å². The molecule has 0 heterocycles. The van der Waals surface area contributed by atoms with Crippen molar-refractivity contribution in [3.05, 3.63) is 0 Å². The summed E-state index contributed by atoms with van der Waals surface area (Å²) in [5.41, 5.74) is 0. The number of hydrogen-bond donors (Lipinski definition) is 0. The zero-order valence-electron chi connectivity index (χ0n) is 6.74. The van der Waals surface area contributed by atoms with Crippen LogP contribution < -0.4 is 0 Å². The average molecular weight is 172 g/mol. The van der Waals surface area contributed by atoms with Gasteiger partial charge in [0, 0.05) is 0 Å². The highest BCUT2D eigenvalue weighted by Gasteiger charge is 2.42. The minimum Gasteiger partial charge on any atom is -0.247 e. The highest BCUT2D eigenvalue weighted by Crippen LogP contribution is 2.32. The molecule has 68 valence electrons. The van der Waals surface area contributed by atoms with Gasteiger partial charge in [0.25, 0.3) is 0 Å². The molecule has 4 heteroatoms. The monoisotopic (exact) mass is 172 g/mol. The van der Waals surface area contributed by atoms with Crippen LogP contribution in [0.1, 0.15) is 20.8 Å². The first-order chi connectivity index (χ1) is 4.76. The van der Waals surface area contributed by atoms with Gasteiger partial charge in [-0.1, -0.05) is 20.8 Å². The Kier molecular flexibility index (Phi) is 3.32. The maximum atomic E-state index is 12.7. The Morgan fingerprint density at radius 3 is 1.45 bits per heavy atom. The maximum absolute atomic E-state index is 12.7. The molecule has 0 unspecified atom stereocenters. The van der Waals surface area contributed by atoms with Gasteiger partial charge in [-0.2, -0.15) is 13.2 Å². The van der Waals surface area contributed by atoms with Gasteiger partial charge in [0.05, 0.1) is 5.92 Å². The molecule has 0 aliphatic heterocycles. The third-order valence-corrected chi connectivity index (χ3v) is 1.63. The van der Waals surface area contributed by atoms with Crippen molar-refractivity contribution in [2.75, 3.05) is 0 Å². The van der Waals surface area contributed by atoms with Crippen LogP contribution in [-0.4, -0.2) is 12.3 Å². The highest BCUT2D eigenvalue weighted by molar-refractivity contribution is 4.73. The lowest BCUT2D eigenvalue weighted by molar-refractivity contribution is -0.189. The quantitative estimate of drug-likeness (QED) is 0.561. The summed E-state index contributed by atoms with van der Waals surface area (Å²) in [4.78, 5) is 0. The van der Waals surface area contributed by atoms with Gasteiger partial charge in [-0.15, -0.1) is 0 Å². The predicted octanol–water partition coefficient (Wildman–Crippen LogP) is 3.18. The smallest absolute Gasteiger partial charge is 0.247 e. The topological polar surface area (TPSA) is 0 Å². The van der Waals surface area contributed by atoms with E-state index in [1.807, 2.05) is 0 Å².